The van der Waals surface area contributed by atoms with Crippen LogP contribution >= 0.6 is 0 Å². The van der Waals surface area contributed by atoms with Gasteiger partial charge in [0.25, 0.3) is 0 Å². The lowest BCUT2D eigenvalue weighted by atomic mass is 9.86. The molecule has 0 aromatic rings. The summed E-state index contributed by atoms with van der Waals surface area (Å²) in [5.41, 5.74) is 5.54. The molecule has 1 rings (SSSR count). The van der Waals surface area contributed by atoms with Gasteiger partial charge in [-0.3, -0.25) is 0 Å². The van der Waals surface area contributed by atoms with E-state index in [1.54, 1.807) is 5.57 Å². The Balaban J connectivity index is 0.000000382. The van der Waals surface area contributed by atoms with Gasteiger partial charge in [-0.05, 0) is 72.6 Å². The van der Waals surface area contributed by atoms with Crippen molar-refractivity contribution in [1.82, 2.24) is 0 Å². The number of aliphatic hydroxyl groups excluding tert-OH is 1. The summed E-state index contributed by atoms with van der Waals surface area (Å²) in [6.45, 7) is 14.8. The van der Waals surface area contributed by atoms with Gasteiger partial charge in [0.1, 0.15) is 0 Å². The van der Waals surface area contributed by atoms with Gasteiger partial charge < -0.3 is 5.11 Å². The Hall–Kier alpha value is -1.08. The topological polar surface area (TPSA) is 20.2 Å². The van der Waals surface area contributed by atoms with Gasteiger partial charge in [-0.2, -0.15) is 0 Å². The Morgan fingerprint density at radius 2 is 1.95 bits per heavy atom. The van der Waals surface area contributed by atoms with E-state index in [0.717, 1.165) is 18.8 Å². The standard InChI is InChI=1S/C10H18O.C10H16/c1-9(2)5-4-6-10(3)7-8-11;1-8(2)10-6-4-9(3)5-7-10/h5,7,11H,4,6,8H2,1-3H3;4,10H,1,5-7H2,2-3H3/b10-7+;/t;10-/m.0/s1. The van der Waals surface area contributed by atoms with Crippen LogP contribution in [0.15, 0.2) is 47.1 Å². The molecular weight excluding hydrogens is 256 g/mol. The molecule has 120 valence electrons. The molecule has 0 fully saturated rings. The third-order valence-electron chi connectivity index (χ3n) is 3.87. The van der Waals surface area contributed by atoms with Gasteiger partial charge in [0, 0.05) is 0 Å². The first-order valence-electron chi connectivity index (χ1n) is 8.07. The third-order valence-corrected chi connectivity index (χ3v) is 3.87. The normalized spacial score (nSPS) is 18.3. The summed E-state index contributed by atoms with van der Waals surface area (Å²) in [5.74, 6) is 0.767. The van der Waals surface area contributed by atoms with Crippen molar-refractivity contribution < 1.29 is 5.11 Å². The zero-order valence-corrected chi connectivity index (χ0v) is 14.7. The molecule has 1 N–H and O–H groups in total. The molecule has 0 amide bonds. The van der Waals surface area contributed by atoms with Crippen LogP contribution in [0.3, 0.4) is 0 Å². The second-order valence-electron chi connectivity index (χ2n) is 6.42. The molecule has 0 bridgehead atoms. The maximum Gasteiger partial charge on any atom is 0.0614 e. The minimum Gasteiger partial charge on any atom is -0.392 e. The molecule has 1 nitrogen and oxygen atoms in total. The van der Waals surface area contributed by atoms with Crippen molar-refractivity contribution in [3.05, 3.63) is 47.1 Å². The molecule has 0 spiro atoms. The molecule has 0 saturated heterocycles. The molecule has 0 radical (unpaired) electrons. The van der Waals surface area contributed by atoms with Gasteiger partial charge in [-0.15, -0.1) is 0 Å². The Morgan fingerprint density at radius 3 is 2.38 bits per heavy atom. The summed E-state index contributed by atoms with van der Waals surface area (Å²) >= 11 is 0. The van der Waals surface area contributed by atoms with E-state index >= 15 is 0 Å². The van der Waals surface area contributed by atoms with Crippen LogP contribution < -0.4 is 0 Å². The first-order valence-corrected chi connectivity index (χ1v) is 8.07. The van der Waals surface area contributed by atoms with Crippen molar-refractivity contribution in [3.8, 4) is 0 Å². The summed E-state index contributed by atoms with van der Waals surface area (Å²) < 4.78 is 0. The molecule has 0 aromatic heterocycles. The van der Waals surface area contributed by atoms with Crippen LogP contribution in [0.4, 0.5) is 0 Å². The van der Waals surface area contributed by atoms with Crippen molar-refractivity contribution in [2.75, 3.05) is 6.61 Å². The van der Waals surface area contributed by atoms with Crippen molar-refractivity contribution >= 4 is 0 Å². The molecular formula is C20H34O. The van der Waals surface area contributed by atoms with Crippen LogP contribution in [0.2, 0.25) is 0 Å². The lowest BCUT2D eigenvalue weighted by Crippen LogP contribution is -2.04. The van der Waals surface area contributed by atoms with Crippen molar-refractivity contribution in [2.45, 2.75) is 66.7 Å². The Morgan fingerprint density at radius 1 is 1.29 bits per heavy atom. The predicted molar refractivity (Wildman–Crippen MR) is 95.4 cm³/mol. The third kappa shape index (κ3) is 11.3. The van der Waals surface area contributed by atoms with Gasteiger partial charge >= 0.3 is 0 Å². The fourth-order valence-electron chi connectivity index (χ4n) is 2.26. The summed E-state index contributed by atoms with van der Waals surface area (Å²) in [7, 11) is 0. The van der Waals surface area contributed by atoms with Crippen molar-refractivity contribution in [2.24, 2.45) is 5.92 Å². The molecule has 0 heterocycles. The van der Waals surface area contributed by atoms with Crippen LogP contribution in [-0.4, -0.2) is 11.7 Å². The minimum atomic E-state index is 0.167. The number of hydrogen-bond acceptors (Lipinski definition) is 1. The molecule has 1 heteroatoms. The zero-order valence-electron chi connectivity index (χ0n) is 14.7. The highest BCUT2D eigenvalue weighted by atomic mass is 16.2. The van der Waals surface area contributed by atoms with Gasteiger partial charge in [-0.1, -0.05) is 47.1 Å². The van der Waals surface area contributed by atoms with Crippen LogP contribution in [0.5, 0.6) is 0 Å². The highest BCUT2D eigenvalue weighted by molar-refractivity contribution is 5.09. The molecule has 1 atom stereocenters. The quantitative estimate of drug-likeness (QED) is 0.617. The molecule has 0 saturated carbocycles. The predicted octanol–water partition coefficient (Wildman–Crippen LogP) is 5.98. The van der Waals surface area contributed by atoms with Crippen LogP contribution in [0, 0.1) is 5.92 Å². The Kier molecular flexibility index (Phi) is 11.0. The van der Waals surface area contributed by atoms with Crippen molar-refractivity contribution in [1.29, 1.82) is 0 Å². The lowest BCUT2D eigenvalue weighted by Gasteiger charge is -2.19. The highest BCUT2D eigenvalue weighted by Gasteiger charge is 2.11. The molecule has 0 aromatic carbocycles. The maximum absolute atomic E-state index is 8.55. The van der Waals surface area contributed by atoms with E-state index in [4.69, 9.17) is 5.11 Å². The van der Waals surface area contributed by atoms with E-state index in [1.165, 1.54) is 36.0 Å². The van der Waals surface area contributed by atoms with E-state index in [9.17, 15) is 0 Å². The van der Waals surface area contributed by atoms with E-state index in [2.05, 4.69) is 53.3 Å². The zero-order chi connectivity index (χ0) is 16.3. The number of hydrogen-bond donors (Lipinski definition) is 1. The van der Waals surface area contributed by atoms with Crippen molar-refractivity contribution in [3.63, 3.8) is 0 Å². The molecule has 1 aliphatic carbocycles. The van der Waals surface area contributed by atoms with Crippen LogP contribution in [0.1, 0.15) is 66.7 Å². The lowest BCUT2D eigenvalue weighted by molar-refractivity contribution is 0.341. The fraction of sp³-hybridized carbons (Fsp3) is 0.600. The van der Waals surface area contributed by atoms with Gasteiger partial charge in [0.2, 0.25) is 0 Å². The monoisotopic (exact) mass is 290 g/mol. The van der Waals surface area contributed by atoms with Gasteiger partial charge in [0.15, 0.2) is 0 Å². The van der Waals surface area contributed by atoms with Gasteiger partial charge in [0.05, 0.1) is 6.61 Å². The van der Waals surface area contributed by atoms with E-state index < -0.39 is 0 Å². The van der Waals surface area contributed by atoms with E-state index in [1.807, 2.05) is 6.08 Å². The molecule has 0 aliphatic heterocycles. The van der Waals surface area contributed by atoms with Crippen LogP contribution in [-0.2, 0) is 0 Å². The summed E-state index contributed by atoms with van der Waals surface area (Å²) in [5, 5.41) is 8.55. The maximum atomic E-state index is 8.55. The number of rotatable bonds is 5. The summed E-state index contributed by atoms with van der Waals surface area (Å²) in [6.07, 6.45) is 12.4. The molecule has 1 aliphatic rings. The fourth-order valence-corrected chi connectivity index (χ4v) is 2.26. The van der Waals surface area contributed by atoms with E-state index in [0.29, 0.717) is 0 Å². The second kappa shape index (κ2) is 11.6. The number of allylic oxidation sites excluding steroid dienone is 6. The minimum absolute atomic E-state index is 0.167. The average molecular weight is 290 g/mol. The van der Waals surface area contributed by atoms with E-state index in [-0.39, 0.29) is 6.61 Å². The average Bonchev–Trinajstić information content (AvgIpc) is 2.39. The second-order valence-corrected chi connectivity index (χ2v) is 6.42. The number of aliphatic hydroxyl groups is 1. The highest BCUT2D eigenvalue weighted by Crippen LogP contribution is 2.27. The Labute approximate surface area is 132 Å². The first-order chi connectivity index (χ1) is 9.86. The summed E-state index contributed by atoms with van der Waals surface area (Å²) in [6, 6.07) is 0. The summed E-state index contributed by atoms with van der Waals surface area (Å²) in [4.78, 5) is 0. The SMILES string of the molecule is C=C(C)[C@H]1CC=C(C)CC1.CC(C)=CCC/C(C)=C/CO. The smallest absolute Gasteiger partial charge is 0.0614 e. The first kappa shape index (κ1) is 19.9. The van der Waals surface area contributed by atoms with Crippen LogP contribution in [0.25, 0.3) is 0 Å². The largest absolute Gasteiger partial charge is 0.392 e. The molecule has 0 unspecified atom stereocenters. The van der Waals surface area contributed by atoms with Gasteiger partial charge in [-0.25, -0.2) is 0 Å². The molecule has 21 heavy (non-hydrogen) atoms. The Bertz CT molecular complexity index is 392.